The number of nitrogens with one attached hydrogen (secondary N) is 1. The second-order valence-electron chi connectivity index (χ2n) is 3.88. The minimum Gasteiger partial charge on any atom is -0.311 e. The molecule has 0 saturated carbocycles. The summed E-state index contributed by atoms with van der Waals surface area (Å²) >= 11 is 0. The molecule has 0 aliphatic carbocycles. The van der Waals surface area contributed by atoms with Gasteiger partial charge in [0.05, 0.1) is 0 Å². The van der Waals surface area contributed by atoms with Gasteiger partial charge in [0.25, 0.3) is 5.56 Å². The van der Waals surface area contributed by atoms with Gasteiger partial charge in [0.1, 0.15) is 6.54 Å². The van der Waals surface area contributed by atoms with Crippen LogP contribution in [0, 0.1) is 0 Å². The van der Waals surface area contributed by atoms with Crippen molar-refractivity contribution in [1.29, 1.82) is 0 Å². The van der Waals surface area contributed by atoms with Crippen LogP contribution in [-0.2, 0) is 6.54 Å². The molecule has 0 amide bonds. The highest BCUT2D eigenvalue weighted by molar-refractivity contribution is 5.05. The lowest BCUT2D eigenvalue weighted by atomic mass is 10.1. The van der Waals surface area contributed by atoms with Crippen molar-refractivity contribution in [2.45, 2.75) is 38.9 Å². The fourth-order valence-electron chi connectivity index (χ4n) is 1.35. The predicted octanol–water partition coefficient (Wildman–Crippen LogP) is 1.61. The molecule has 1 aromatic heterocycles. The number of hydrogen-bond donors (Lipinski definition) is 1. The van der Waals surface area contributed by atoms with Crippen molar-refractivity contribution in [3.63, 3.8) is 0 Å². The van der Waals surface area contributed by atoms with E-state index in [1.54, 1.807) is 6.92 Å². The summed E-state index contributed by atoms with van der Waals surface area (Å²) in [6, 6.07) is 1.04. The molecule has 0 aliphatic rings. The van der Waals surface area contributed by atoms with E-state index in [-0.39, 0.29) is 10.5 Å². The first kappa shape index (κ1) is 13.5. The van der Waals surface area contributed by atoms with Crippen LogP contribution in [0.3, 0.4) is 0 Å². The molecule has 17 heavy (non-hydrogen) atoms. The molecule has 0 bridgehead atoms. The van der Waals surface area contributed by atoms with E-state index in [0.29, 0.717) is 12.1 Å². The van der Waals surface area contributed by atoms with Gasteiger partial charge in [-0.3, -0.25) is 9.36 Å². The Hall–Kier alpha value is -1.53. The highest BCUT2D eigenvalue weighted by Gasteiger charge is 2.29. The maximum atomic E-state index is 12.1. The Kier molecular flexibility index (Phi) is 3.79. The molecule has 1 N–H and O–H groups in total. The lowest BCUT2D eigenvalue weighted by molar-refractivity contribution is -0.141. The van der Waals surface area contributed by atoms with Gasteiger partial charge in [-0.25, -0.2) is 4.79 Å². The Balaban J connectivity index is 3.21. The summed E-state index contributed by atoms with van der Waals surface area (Å²) in [6.07, 6.45) is -3.91. The van der Waals surface area contributed by atoms with Crippen molar-refractivity contribution in [3.05, 3.63) is 32.6 Å². The van der Waals surface area contributed by atoms with Crippen molar-refractivity contribution in [3.8, 4) is 0 Å². The summed E-state index contributed by atoms with van der Waals surface area (Å²) in [5.41, 5.74) is -1.59. The normalized spacial score (nSPS) is 13.7. The van der Waals surface area contributed by atoms with Crippen LogP contribution in [0.5, 0.6) is 0 Å². The summed E-state index contributed by atoms with van der Waals surface area (Å²) < 4.78 is 36.5. The summed E-state index contributed by atoms with van der Waals surface area (Å²) in [5, 5.41) is 0. The zero-order chi connectivity index (χ0) is 13.2. The number of H-pyrrole nitrogens is 1. The Morgan fingerprint density at radius 1 is 1.41 bits per heavy atom. The molecule has 1 unspecified atom stereocenters. The van der Waals surface area contributed by atoms with Gasteiger partial charge in [-0.2, -0.15) is 13.2 Å². The lowest BCUT2D eigenvalue weighted by Gasteiger charge is -2.11. The highest BCUT2D eigenvalue weighted by Crippen LogP contribution is 2.16. The molecule has 0 spiro atoms. The van der Waals surface area contributed by atoms with Gasteiger partial charge in [0.15, 0.2) is 0 Å². The molecule has 0 aromatic carbocycles. The quantitative estimate of drug-likeness (QED) is 0.886. The van der Waals surface area contributed by atoms with Gasteiger partial charge < -0.3 is 4.98 Å². The molecule has 1 rings (SSSR count). The monoisotopic (exact) mass is 250 g/mol. The minimum atomic E-state index is -4.59. The van der Waals surface area contributed by atoms with Crippen molar-refractivity contribution in [2.75, 3.05) is 0 Å². The first-order chi connectivity index (χ1) is 7.74. The molecule has 0 fully saturated rings. The number of rotatable bonds is 3. The predicted molar refractivity (Wildman–Crippen MR) is 56.1 cm³/mol. The fourth-order valence-corrected chi connectivity index (χ4v) is 1.35. The first-order valence-corrected chi connectivity index (χ1v) is 5.15. The molecule has 96 valence electrons. The smallest absolute Gasteiger partial charge is 0.311 e. The van der Waals surface area contributed by atoms with Gasteiger partial charge in [-0.15, -0.1) is 0 Å². The fraction of sp³-hybridized carbons (Fsp3) is 0.600. The van der Waals surface area contributed by atoms with Crippen LogP contribution in [-0.4, -0.2) is 15.7 Å². The van der Waals surface area contributed by atoms with E-state index in [2.05, 4.69) is 4.98 Å². The maximum absolute atomic E-state index is 12.1. The van der Waals surface area contributed by atoms with Crippen molar-refractivity contribution < 1.29 is 13.2 Å². The van der Waals surface area contributed by atoms with E-state index in [1.807, 2.05) is 6.92 Å². The molecule has 0 saturated heterocycles. The molecule has 0 radical (unpaired) electrons. The number of nitrogens with zero attached hydrogens (tertiary/aromatic N) is 1. The lowest BCUT2D eigenvalue weighted by Crippen LogP contribution is -2.39. The van der Waals surface area contributed by atoms with Gasteiger partial charge in [0.2, 0.25) is 0 Å². The third-order valence-electron chi connectivity index (χ3n) is 2.52. The zero-order valence-electron chi connectivity index (χ0n) is 9.47. The van der Waals surface area contributed by atoms with Crippen LogP contribution in [0.4, 0.5) is 13.2 Å². The highest BCUT2D eigenvalue weighted by atomic mass is 19.4. The van der Waals surface area contributed by atoms with Crippen molar-refractivity contribution >= 4 is 0 Å². The number of hydrogen-bond acceptors (Lipinski definition) is 2. The van der Waals surface area contributed by atoms with E-state index in [9.17, 15) is 22.8 Å². The second kappa shape index (κ2) is 4.77. The standard InChI is InChI=1S/C10H13F3N2O2/c1-3-6(2)7-4-8(16)15(9(17)14-7)5-10(11,12)13/h4,6H,3,5H2,1-2H3,(H,14,17). The number of aromatic nitrogens is 2. The molecule has 1 aromatic rings. The maximum Gasteiger partial charge on any atom is 0.406 e. The van der Waals surface area contributed by atoms with Gasteiger partial charge >= 0.3 is 11.9 Å². The average molecular weight is 250 g/mol. The summed E-state index contributed by atoms with van der Waals surface area (Å²) in [7, 11) is 0. The number of alkyl halides is 3. The molecule has 1 heterocycles. The minimum absolute atomic E-state index is 0.0732. The van der Waals surface area contributed by atoms with Crippen LogP contribution in [0.2, 0.25) is 0 Å². The van der Waals surface area contributed by atoms with Crippen LogP contribution >= 0.6 is 0 Å². The van der Waals surface area contributed by atoms with Gasteiger partial charge in [-0.1, -0.05) is 13.8 Å². The molecule has 4 nitrogen and oxygen atoms in total. The van der Waals surface area contributed by atoms with Crippen molar-refractivity contribution in [2.24, 2.45) is 0 Å². The van der Waals surface area contributed by atoms with Gasteiger partial charge in [0, 0.05) is 11.8 Å². The Bertz CT molecular complexity index is 470. The molecule has 0 aliphatic heterocycles. The average Bonchev–Trinajstić information content (AvgIpc) is 2.20. The molecular weight excluding hydrogens is 237 g/mol. The number of aromatic amines is 1. The number of halogens is 3. The van der Waals surface area contributed by atoms with Gasteiger partial charge in [-0.05, 0) is 12.3 Å². The topological polar surface area (TPSA) is 54.9 Å². The SMILES string of the molecule is CCC(C)c1cc(=O)n(CC(F)(F)F)c(=O)[nH]1. The third-order valence-corrected chi connectivity index (χ3v) is 2.52. The first-order valence-electron chi connectivity index (χ1n) is 5.15. The van der Waals surface area contributed by atoms with E-state index in [0.717, 1.165) is 6.07 Å². The molecule has 1 atom stereocenters. The van der Waals surface area contributed by atoms with Crippen LogP contribution < -0.4 is 11.2 Å². The van der Waals surface area contributed by atoms with E-state index in [1.165, 1.54) is 0 Å². The summed E-state index contributed by atoms with van der Waals surface area (Å²) in [6.45, 7) is 2.06. The zero-order valence-corrected chi connectivity index (χ0v) is 9.47. The van der Waals surface area contributed by atoms with Crippen LogP contribution in [0.25, 0.3) is 0 Å². The Morgan fingerprint density at radius 2 is 2.00 bits per heavy atom. The molecular formula is C10H13F3N2O2. The Morgan fingerprint density at radius 3 is 2.41 bits per heavy atom. The largest absolute Gasteiger partial charge is 0.406 e. The van der Waals surface area contributed by atoms with Crippen LogP contribution in [0.1, 0.15) is 31.9 Å². The summed E-state index contributed by atoms with van der Waals surface area (Å²) in [4.78, 5) is 25.1. The molecule has 7 heteroatoms. The Labute approximate surface area is 95.1 Å². The van der Waals surface area contributed by atoms with Crippen LogP contribution in [0.15, 0.2) is 15.7 Å². The second-order valence-corrected chi connectivity index (χ2v) is 3.88. The van der Waals surface area contributed by atoms with E-state index < -0.39 is 24.0 Å². The van der Waals surface area contributed by atoms with Crippen molar-refractivity contribution in [1.82, 2.24) is 9.55 Å². The summed E-state index contributed by atoms with van der Waals surface area (Å²) in [5.74, 6) is -0.0732. The third kappa shape index (κ3) is 3.47. The van der Waals surface area contributed by atoms with E-state index in [4.69, 9.17) is 0 Å². The van der Waals surface area contributed by atoms with E-state index >= 15 is 0 Å².